The van der Waals surface area contributed by atoms with Gasteiger partial charge in [0, 0.05) is 59.3 Å². The van der Waals surface area contributed by atoms with Crippen molar-refractivity contribution in [2.24, 2.45) is 10.8 Å². The van der Waals surface area contributed by atoms with Crippen LogP contribution in [0.4, 0.5) is 34.1 Å². The van der Waals surface area contributed by atoms with Gasteiger partial charge in [-0.05, 0) is 246 Å². The number of alkyl halides is 3. The minimum absolute atomic E-state index is 0. The molecule has 1 fully saturated rings. The van der Waals surface area contributed by atoms with E-state index in [0.717, 1.165) is 60.0 Å². The van der Waals surface area contributed by atoms with Gasteiger partial charge < -0.3 is 58.3 Å². The Bertz CT molecular complexity index is 4700. The monoisotopic (exact) mass is 2010 g/mol. The molecule has 2 heterocycles. The zero-order valence-electron chi connectivity index (χ0n) is 70.2. The van der Waals surface area contributed by atoms with Gasteiger partial charge in [-0.15, -0.1) is 35.6 Å². The normalized spacial score (nSPS) is 12.9. The van der Waals surface area contributed by atoms with E-state index < -0.39 is 46.2 Å². The third-order valence-electron chi connectivity index (χ3n) is 19.5. The fraction of sp³-hybridized carbons (Fsp3) is 0.345. The molecule has 0 saturated carbocycles. The van der Waals surface area contributed by atoms with Gasteiger partial charge in [0.25, 0.3) is 11.4 Å². The number of nitro groups is 2. The van der Waals surface area contributed by atoms with Crippen LogP contribution in [-0.4, -0.2) is 100 Å². The molecule has 119 heavy (non-hydrogen) atoms. The van der Waals surface area contributed by atoms with Gasteiger partial charge in [-0.3, -0.25) is 25.0 Å². The number of nitrogens with zero attached hydrogens (tertiary/aromatic N) is 4. The fourth-order valence-electron chi connectivity index (χ4n) is 11.6. The number of aliphatic carboxylic acids is 1. The Morgan fingerprint density at radius 2 is 0.824 bits per heavy atom. The number of fused-ring (bicyclic) bond motifs is 1. The number of carbonyl (C=O) groups is 2. The number of aliphatic hydroxyl groups is 1. The summed E-state index contributed by atoms with van der Waals surface area (Å²) in [6.45, 7) is 41.3. The number of aliphatic hydroxyl groups excluding tert-OH is 1. The van der Waals surface area contributed by atoms with E-state index in [-0.39, 0.29) is 89.9 Å². The molecule has 0 aliphatic carbocycles. The van der Waals surface area contributed by atoms with E-state index in [0.29, 0.717) is 26.6 Å². The topological polar surface area (TPSA) is 350 Å². The van der Waals surface area contributed by atoms with E-state index in [1.54, 1.807) is 61.5 Å². The van der Waals surface area contributed by atoms with Gasteiger partial charge in [0.1, 0.15) is 23.1 Å². The molecular formula is C87H113BrCl10N9O11Sn. The molecular weight excluding hydrogens is 1900 g/mol. The van der Waals surface area contributed by atoms with Crippen LogP contribution in [0.5, 0.6) is 0 Å². The van der Waals surface area contributed by atoms with Crippen LogP contribution in [0.1, 0.15) is 170 Å². The van der Waals surface area contributed by atoms with Crippen molar-refractivity contribution < 1.29 is 45.7 Å². The van der Waals surface area contributed by atoms with Crippen molar-refractivity contribution in [1.82, 2.24) is 14.9 Å². The van der Waals surface area contributed by atoms with Crippen molar-refractivity contribution in [3.63, 3.8) is 0 Å². The number of nitro benzene ring substituents is 2. The Morgan fingerprint density at radius 1 is 0.521 bits per heavy atom. The molecule has 9 aromatic carbocycles. The number of nitrogens with two attached hydrogens (primary N) is 2. The molecule has 10 aromatic rings. The molecule has 11 rings (SSSR count). The zero-order valence-corrected chi connectivity index (χ0v) is 82.7. The van der Waals surface area contributed by atoms with Crippen LogP contribution in [0.2, 0.25) is 25.1 Å². The van der Waals surface area contributed by atoms with Crippen LogP contribution in [-0.2, 0) is 30.6 Å². The van der Waals surface area contributed by atoms with E-state index in [1.165, 1.54) is 35.9 Å². The summed E-state index contributed by atoms with van der Waals surface area (Å²) in [7, 11) is 9.91. The van der Waals surface area contributed by atoms with Gasteiger partial charge in [-0.1, -0.05) is 199 Å². The average Bonchev–Trinajstić information content (AvgIpc) is 1.55. The number of nitrogen functional groups attached to an aromatic ring is 2. The summed E-state index contributed by atoms with van der Waals surface area (Å²) in [6, 6.07) is 65.7. The van der Waals surface area contributed by atoms with Crippen molar-refractivity contribution in [2.75, 3.05) is 34.6 Å². The first kappa shape index (κ1) is 114. The van der Waals surface area contributed by atoms with Gasteiger partial charge in [0.05, 0.1) is 59.3 Å². The summed E-state index contributed by atoms with van der Waals surface area (Å²) in [6.07, 6.45) is 0. The van der Waals surface area contributed by atoms with Crippen LogP contribution in [0, 0.1) is 31.1 Å². The Labute approximate surface area is 768 Å². The number of halogens is 11. The number of aromatic carboxylic acids is 1. The third-order valence-corrected chi connectivity index (χ3v) is 21.6. The molecule has 1 aromatic heterocycles. The number of carboxylic acids is 2. The number of carboxylic acid groups (broad SMARTS) is 2. The molecule has 1 radical (unpaired) electrons. The number of benzene rings is 9. The predicted molar refractivity (Wildman–Crippen MR) is 511 cm³/mol. The molecule has 1 aliphatic rings. The van der Waals surface area contributed by atoms with Crippen molar-refractivity contribution in [3.05, 3.63) is 297 Å². The molecule has 0 amide bonds. The molecule has 32 heteroatoms. The van der Waals surface area contributed by atoms with E-state index >= 15 is 0 Å². The Balaban J connectivity index is 0. The number of imidazole rings is 1. The van der Waals surface area contributed by atoms with E-state index in [4.69, 9.17) is 131 Å². The van der Waals surface area contributed by atoms with Crippen LogP contribution in [0.25, 0.3) is 11.0 Å². The molecule has 1 saturated heterocycles. The number of para-hydroxylation sites is 8. The maximum absolute atomic E-state index is 11.0. The van der Waals surface area contributed by atoms with Gasteiger partial charge in [-0.2, -0.15) is 0 Å². The average molecular weight is 2010 g/mol. The zero-order chi connectivity index (χ0) is 88.8. The molecule has 1 aliphatic heterocycles. The van der Waals surface area contributed by atoms with Crippen LogP contribution in [0.3, 0.4) is 0 Å². The predicted octanol–water partition coefficient (Wildman–Crippen LogP) is 25.0. The Morgan fingerprint density at radius 3 is 1.13 bits per heavy atom. The van der Waals surface area contributed by atoms with Crippen LogP contribution in [0.15, 0.2) is 218 Å². The van der Waals surface area contributed by atoms with Crippen molar-refractivity contribution >= 4 is 203 Å². The van der Waals surface area contributed by atoms with Crippen molar-refractivity contribution in [3.8, 4) is 0 Å². The van der Waals surface area contributed by atoms with Crippen LogP contribution >= 0.6 is 127 Å². The third kappa shape index (κ3) is 36.0. The number of nitrogens with one attached hydrogen (secondary N) is 3. The number of aromatic nitrogens is 2. The first-order chi connectivity index (χ1) is 53.6. The molecule has 653 valence electrons. The van der Waals surface area contributed by atoms with E-state index in [9.17, 15) is 29.8 Å². The van der Waals surface area contributed by atoms with Crippen LogP contribution < -0.4 is 27.4 Å². The summed E-state index contributed by atoms with van der Waals surface area (Å²) in [5.41, 5.74) is 20.6. The second-order valence-corrected chi connectivity index (χ2v) is 41.1. The minimum atomic E-state index is -0.980. The summed E-state index contributed by atoms with van der Waals surface area (Å²) >= 11 is 43.1. The number of hydrogen-bond donors (Lipinski definition) is 8. The fourth-order valence-corrected chi connectivity index (χ4v) is 12.6. The first-order valence-electron chi connectivity index (χ1n) is 36.3. The van der Waals surface area contributed by atoms with Gasteiger partial charge in [0.2, 0.25) is 0 Å². The molecule has 14 N–H and O–H groups in total. The summed E-state index contributed by atoms with van der Waals surface area (Å²) in [5, 5.41) is 58.7. The first-order valence-corrected chi connectivity index (χ1v) is 48.2. The second-order valence-electron chi connectivity index (χ2n) is 30.8. The Kier molecular flexibility index (Phi) is 49.5. The summed E-state index contributed by atoms with van der Waals surface area (Å²) < 4.78 is 2.27. The van der Waals surface area contributed by atoms with Gasteiger partial charge in [-0.25, -0.2) is 9.78 Å². The van der Waals surface area contributed by atoms with E-state index in [1.807, 2.05) is 143 Å². The molecule has 0 bridgehead atoms. The number of hydrogen-bond acceptors (Lipinski definition) is 13. The van der Waals surface area contributed by atoms with E-state index in [2.05, 4.69) is 152 Å². The van der Waals surface area contributed by atoms with Gasteiger partial charge >= 0.3 is 48.7 Å². The number of anilines is 4. The molecule has 0 unspecified atom stereocenters. The second kappa shape index (κ2) is 51.5. The summed E-state index contributed by atoms with van der Waals surface area (Å²) in [5.74, 6) is -1.36. The Hall–Kier alpha value is -6.59. The molecule has 0 spiro atoms. The van der Waals surface area contributed by atoms with Crippen molar-refractivity contribution in [2.45, 2.75) is 168 Å². The molecule has 20 nitrogen and oxygen atoms in total. The molecule has 0 atom stereocenters. The number of rotatable bonds is 14. The maximum atomic E-state index is 11.0. The van der Waals surface area contributed by atoms with Crippen molar-refractivity contribution in [1.29, 1.82) is 0 Å². The summed E-state index contributed by atoms with van der Waals surface area (Å²) in [4.78, 5) is 44.0. The quantitative estimate of drug-likeness (QED) is 0.0165. The standard InChI is InChI=1S/C19H20Cl2N2.C15H15ClN2O2.C15H17ClN2.C12H25N.C9H10BrCl.C7H5ClO2.C6H6N2O2.C2H3ClO2.C2H6O.3ClH.2H2O.Sn.H/c1-18(2,21)17-22-15-7-5-6-8-16(15)23(17)19(3,4)13-9-11-14(20)12-10-13;1-15(2,11-7-9-12(16)10-8-11)17-13-5-3-4-6-14(13)18(19)20;1-15(2,11-7-9-12(16)10-8-11)18-14-6-4-3-5-13(14)17;1-9(2)10(3,4)12(7,8)13-11(9,5)6;1-9(2,10)7-3-5-8(11)6-4-7;8-6-3-1-5(2-4-6)7(9)10;7-5-3-1-2-4-6(5)8(9)10;3-1-2(4)5;1-2-3;;;;;;;/h5-12H,1-4H3;3-10,17H,1-2H3;3-10,18H,17H2,1-2H3;13H,1-8H3;3-6H,1-2H3;1-4H,(H,9,10);1-4H,7H2;1H2,(H,4,5);3H,2H2,1H3;3*1H;2*1H2;;/q;;;;;;;;;;;;;;+2;/p-2. The SMILES string of the molecule is CC(C)(Br)c1ccc(Cl)cc1.CC(C)(Cl)c1nc2ccccc2n1C(C)(C)c1ccc(Cl)cc1.CC(C)(Nc1ccccc1N)c1ccc(Cl)cc1.CC(C)(Nc1ccccc1[N+](=O)[O-])c1ccc(Cl)cc1.CC1(C)NC(C)(C)C(C)(C)C1(C)C.CCO.Cl.Nc1ccccc1[N+](=O)[O-].O.O.O=C(O)CCl.O=C(O)c1ccc(Cl)cc1.[Cl][SnH][Cl]. The van der Waals surface area contributed by atoms with Gasteiger partial charge in [0.15, 0.2) is 0 Å².